The monoisotopic (exact) mass is 116 g/mol. The first-order chi connectivity index (χ1) is 3.63. The maximum atomic E-state index is 9.74. The van der Waals surface area contributed by atoms with Crippen LogP contribution in [0, 0.1) is 5.92 Å². The largest absolute Gasteiger partial charge is 0.464 e. The zero-order valence-corrected chi connectivity index (χ0v) is 5.09. The van der Waals surface area contributed by atoms with Gasteiger partial charge in [-0.05, 0) is 5.92 Å². The number of carboxylic acid groups (broad SMARTS) is 1. The lowest BCUT2D eigenvalue weighted by Crippen LogP contribution is -2.17. The summed E-state index contributed by atoms with van der Waals surface area (Å²) >= 11 is 0. The highest BCUT2D eigenvalue weighted by atomic mass is 16.4. The van der Waals surface area contributed by atoms with Gasteiger partial charge >= 0.3 is 6.09 Å². The van der Waals surface area contributed by atoms with E-state index in [9.17, 15) is 4.79 Å². The van der Waals surface area contributed by atoms with Crippen LogP contribution in [-0.2, 0) is 0 Å². The van der Waals surface area contributed by atoms with Gasteiger partial charge in [-0.25, -0.2) is 10.1 Å². The Balaban J connectivity index is 3.05. The van der Waals surface area contributed by atoms with Crippen molar-refractivity contribution in [3.05, 3.63) is 0 Å². The minimum Gasteiger partial charge on any atom is -0.464 e. The van der Waals surface area contributed by atoms with Crippen LogP contribution >= 0.6 is 0 Å². The highest BCUT2D eigenvalue weighted by molar-refractivity contribution is 5.63. The van der Waals surface area contributed by atoms with Crippen LogP contribution in [0.25, 0.3) is 0 Å². The van der Waals surface area contributed by atoms with Gasteiger partial charge in [-0.1, -0.05) is 13.8 Å². The van der Waals surface area contributed by atoms with Crippen LogP contribution in [0.3, 0.4) is 0 Å². The number of nitrogens with zero attached hydrogens (tertiary/aromatic N) is 1. The van der Waals surface area contributed by atoms with E-state index in [1.807, 2.05) is 13.8 Å². The molecule has 0 aromatic rings. The van der Waals surface area contributed by atoms with E-state index in [4.69, 9.17) is 5.11 Å². The number of hydrogen-bond donors (Lipinski definition) is 1. The molecule has 1 amide bonds. The third-order valence-electron chi connectivity index (χ3n) is 0.592. The van der Waals surface area contributed by atoms with Gasteiger partial charge < -0.3 is 5.11 Å². The second-order valence-electron chi connectivity index (χ2n) is 2.02. The fraction of sp³-hybridized carbons (Fsp3) is 0.800. The maximum Gasteiger partial charge on any atom is 0.426 e. The summed E-state index contributed by atoms with van der Waals surface area (Å²) in [7, 11) is 0. The van der Waals surface area contributed by atoms with Gasteiger partial charge in [0.15, 0.2) is 0 Å². The number of amides is 1. The zero-order valence-electron chi connectivity index (χ0n) is 5.09. The lowest BCUT2D eigenvalue weighted by molar-refractivity contribution is 0.192. The van der Waals surface area contributed by atoms with Gasteiger partial charge in [-0.3, -0.25) is 0 Å². The molecule has 47 valence electrons. The maximum absolute atomic E-state index is 9.74. The summed E-state index contributed by atoms with van der Waals surface area (Å²) in [5.74, 6) is 0.339. The Kier molecular flexibility index (Phi) is 2.99. The Bertz CT molecular complexity index is 80.5. The van der Waals surface area contributed by atoms with E-state index in [0.29, 0.717) is 12.5 Å². The summed E-state index contributed by atoms with van der Waals surface area (Å²) < 4.78 is 0. The van der Waals surface area contributed by atoms with E-state index >= 15 is 0 Å². The second kappa shape index (κ2) is 3.29. The van der Waals surface area contributed by atoms with Crippen LogP contribution in [0.1, 0.15) is 13.8 Å². The highest BCUT2D eigenvalue weighted by Crippen LogP contribution is 1.87. The molecule has 0 unspecified atom stereocenters. The van der Waals surface area contributed by atoms with Crippen molar-refractivity contribution in [3.63, 3.8) is 0 Å². The van der Waals surface area contributed by atoms with Crippen molar-refractivity contribution in [3.8, 4) is 0 Å². The summed E-state index contributed by atoms with van der Waals surface area (Å²) in [5, 5.41) is 11.2. The van der Waals surface area contributed by atoms with Crippen molar-refractivity contribution < 1.29 is 9.90 Å². The van der Waals surface area contributed by atoms with Crippen molar-refractivity contribution in [2.75, 3.05) is 6.54 Å². The lowest BCUT2D eigenvalue weighted by atomic mass is 10.2. The van der Waals surface area contributed by atoms with E-state index in [2.05, 4.69) is 5.32 Å². The summed E-state index contributed by atoms with van der Waals surface area (Å²) in [6, 6.07) is 0. The number of carbonyl (C=O) groups is 1. The molecule has 0 fully saturated rings. The van der Waals surface area contributed by atoms with Crippen molar-refractivity contribution in [1.82, 2.24) is 5.32 Å². The van der Waals surface area contributed by atoms with E-state index in [0.717, 1.165) is 0 Å². The first-order valence-electron chi connectivity index (χ1n) is 2.53. The van der Waals surface area contributed by atoms with Crippen LogP contribution in [0.15, 0.2) is 0 Å². The van der Waals surface area contributed by atoms with Crippen LogP contribution in [0.5, 0.6) is 0 Å². The van der Waals surface area contributed by atoms with Gasteiger partial charge in [0.05, 0.1) is 0 Å². The summed E-state index contributed by atoms with van der Waals surface area (Å²) in [6.07, 6.45) is -1.07. The average molecular weight is 116 g/mol. The van der Waals surface area contributed by atoms with Crippen molar-refractivity contribution in [1.29, 1.82) is 0 Å². The molecule has 1 radical (unpaired) electrons. The number of rotatable bonds is 2. The molecule has 1 N–H and O–H groups in total. The molecule has 0 rings (SSSR count). The van der Waals surface area contributed by atoms with Crippen molar-refractivity contribution in [2.45, 2.75) is 13.8 Å². The van der Waals surface area contributed by atoms with Gasteiger partial charge in [-0.15, -0.1) is 0 Å². The third kappa shape index (κ3) is 5.27. The smallest absolute Gasteiger partial charge is 0.426 e. The summed E-state index contributed by atoms with van der Waals surface area (Å²) in [6.45, 7) is 4.26. The lowest BCUT2D eigenvalue weighted by Gasteiger charge is -1.98. The Morgan fingerprint density at radius 1 is 1.75 bits per heavy atom. The normalized spacial score (nSPS) is 9.38. The van der Waals surface area contributed by atoms with Gasteiger partial charge in [0.2, 0.25) is 0 Å². The van der Waals surface area contributed by atoms with Crippen LogP contribution in [0.2, 0.25) is 0 Å². The predicted octanol–water partition coefficient (Wildman–Crippen LogP) is 0.925. The van der Waals surface area contributed by atoms with Crippen molar-refractivity contribution >= 4 is 6.09 Å². The molecule has 0 atom stereocenters. The minimum absolute atomic E-state index is 0.339. The Labute approximate surface area is 48.7 Å². The third-order valence-corrected chi connectivity index (χ3v) is 0.592. The molecular formula is C5H10NO2. The standard InChI is InChI=1S/C5H10NO2/c1-4(2)3-6-5(7)8/h4H,3H2,1-2H3,(H,7,8). The molecule has 3 nitrogen and oxygen atoms in total. The molecule has 0 aliphatic rings. The summed E-state index contributed by atoms with van der Waals surface area (Å²) in [4.78, 5) is 9.74. The second-order valence-corrected chi connectivity index (χ2v) is 2.02. The van der Waals surface area contributed by atoms with E-state index in [1.165, 1.54) is 0 Å². The summed E-state index contributed by atoms with van der Waals surface area (Å²) in [5.41, 5.74) is 0. The van der Waals surface area contributed by atoms with Gasteiger partial charge in [0.1, 0.15) is 0 Å². The zero-order chi connectivity index (χ0) is 6.57. The van der Waals surface area contributed by atoms with E-state index < -0.39 is 6.09 Å². The van der Waals surface area contributed by atoms with Crippen LogP contribution in [-0.4, -0.2) is 17.7 Å². The Morgan fingerprint density at radius 2 is 2.25 bits per heavy atom. The molecule has 0 spiro atoms. The van der Waals surface area contributed by atoms with Gasteiger partial charge in [-0.2, -0.15) is 0 Å². The molecule has 0 aliphatic carbocycles. The molecule has 0 saturated carbocycles. The molecule has 0 aromatic carbocycles. The Hall–Kier alpha value is -0.730. The molecule has 0 bridgehead atoms. The minimum atomic E-state index is -1.07. The average Bonchev–Trinajstić information content (AvgIpc) is 1.61. The Morgan fingerprint density at radius 3 is 2.38 bits per heavy atom. The fourth-order valence-corrected chi connectivity index (χ4v) is 0.261. The SMILES string of the molecule is CC(C)C[N]C(=O)O. The van der Waals surface area contributed by atoms with E-state index in [-0.39, 0.29) is 0 Å². The van der Waals surface area contributed by atoms with Gasteiger partial charge in [0, 0.05) is 6.54 Å². The fourth-order valence-electron chi connectivity index (χ4n) is 0.261. The molecule has 8 heavy (non-hydrogen) atoms. The van der Waals surface area contributed by atoms with Crippen molar-refractivity contribution in [2.24, 2.45) is 5.92 Å². The molecule has 0 aromatic heterocycles. The molecular weight excluding hydrogens is 106 g/mol. The van der Waals surface area contributed by atoms with Crippen LogP contribution in [0.4, 0.5) is 4.79 Å². The molecule has 0 heterocycles. The molecule has 0 saturated heterocycles. The topological polar surface area (TPSA) is 51.4 Å². The first-order valence-corrected chi connectivity index (χ1v) is 2.53. The molecule has 0 aliphatic heterocycles. The molecule has 3 heteroatoms. The predicted molar refractivity (Wildman–Crippen MR) is 29.9 cm³/mol. The van der Waals surface area contributed by atoms with Crippen LogP contribution < -0.4 is 5.32 Å². The first kappa shape index (κ1) is 7.27. The quantitative estimate of drug-likeness (QED) is 0.583. The number of hydrogen-bond acceptors (Lipinski definition) is 1. The highest BCUT2D eigenvalue weighted by Gasteiger charge is 1.97. The van der Waals surface area contributed by atoms with Gasteiger partial charge in [0.25, 0.3) is 0 Å². The van der Waals surface area contributed by atoms with E-state index in [1.54, 1.807) is 0 Å².